The second-order valence-electron chi connectivity index (χ2n) is 7.70. The molecule has 0 aliphatic carbocycles. The normalized spacial score (nSPS) is 12.2. The fourth-order valence-electron chi connectivity index (χ4n) is 3.72. The van der Waals surface area contributed by atoms with E-state index in [9.17, 15) is 9.59 Å². The SMILES string of the molecule is CCC(C)NC(=O)Cn1c2ccccc2c2ncn(Cc3ccc(OC)cc3)c(=O)c21. The molecule has 0 saturated heterocycles. The lowest BCUT2D eigenvalue weighted by Gasteiger charge is -2.13. The van der Waals surface area contributed by atoms with Crippen molar-refractivity contribution in [1.82, 2.24) is 19.4 Å². The van der Waals surface area contributed by atoms with Crippen LogP contribution in [0.25, 0.3) is 21.9 Å². The number of methoxy groups -OCH3 is 1. The van der Waals surface area contributed by atoms with E-state index >= 15 is 0 Å². The summed E-state index contributed by atoms with van der Waals surface area (Å²) < 4.78 is 8.56. The molecule has 0 bridgehead atoms. The molecule has 31 heavy (non-hydrogen) atoms. The number of para-hydroxylation sites is 1. The molecule has 2 aromatic heterocycles. The summed E-state index contributed by atoms with van der Waals surface area (Å²) >= 11 is 0. The Hall–Kier alpha value is -3.61. The molecule has 160 valence electrons. The van der Waals surface area contributed by atoms with Crippen LogP contribution in [0.3, 0.4) is 0 Å². The summed E-state index contributed by atoms with van der Waals surface area (Å²) in [4.78, 5) is 30.7. The predicted molar refractivity (Wildman–Crippen MR) is 121 cm³/mol. The molecule has 2 aromatic carbocycles. The number of amides is 1. The molecular weight excluding hydrogens is 392 g/mol. The molecule has 4 aromatic rings. The van der Waals surface area contributed by atoms with Crippen LogP contribution in [-0.2, 0) is 17.9 Å². The van der Waals surface area contributed by atoms with Crippen LogP contribution in [0.15, 0.2) is 59.7 Å². The molecular formula is C24H26N4O3. The third-order valence-electron chi connectivity index (χ3n) is 5.57. The van der Waals surface area contributed by atoms with Crippen molar-refractivity contribution in [3.05, 3.63) is 70.8 Å². The van der Waals surface area contributed by atoms with Gasteiger partial charge in [-0.3, -0.25) is 14.2 Å². The molecule has 0 fully saturated rings. The first-order valence-corrected chi connectivity index (χ1v) is 10.4. The first-order valence-electron chi connectivity index (χ1n) is 10.4. The average Bonchev–Trinajstić information content (AvgIpc) is 3.10. The molecule has 1 atom stereocenters. The second kappa shape index (κ2) is 8.63. The number of hydrogen-bond donors (Lipinski definition) is 1. The van der Waals surface area contributed by atoms with Gasteiger partial charge in [0, 0.05) is 11.4 Å². The van der Waals surface area contributed by atoms with Crippen LogP contribution in [0.1, 0.15) is 25.8 Å². The van der Waals surface area contributed by atoms with Crippen LogP contribution in [0, 0.1) is 0 Å². The number of hydrogen-bond acceptors (Lipinski definition) is 4. The maximum absolute atomic E-state index is 13.5. The first kappa shape index (κ1) is 20.7. The molecule has 7 nitrogen and oxygen atoms in total. The lowest BCUT2D eigenvalue weighted by Crippen LogP contribution is -2.35. The smallest absolute Gasteiger partial charge is 0.278 e. The molecule has 1 unspecified atom stereocenters. The summed E-state index contributed by atoms with van der Waals surface area (Å²) in [5.41, 5.74) is 2.66. The molecule has 0 saturated carbocycles. The zero-order valence-electron chi connectivity index (χ0n) is 18.0. The van der Waals surface area contributed by atoms with Crippen molar-refractivity contribution in [2.75, 3.05) is 7.11 Å². The summed E-state index contributed by atoms with van der Waals surface area (Å²) in [6, 6.07) is 15.3. The van der Waals surface area contributed by atoms with Gasteiger partial charge < -0.3 is 14.6 Å². The highest BCUT2D eigenvalue weighted by Crippen LogP contribution is 2.25. The van der Waals surface area contributed by atoms with Crippen LogP contribution in [-0.4, -0.2) is 33.2 Å². The zero-order valence-corrected chi connectivity index (χ0v) is 18.0. The Bertz CT molecular complexity index is 1290. The molecule has 4 rings (SSSR count). The van der Waals surface area contributed by atoms with E-state index in [1.165, 1.54) is 0 Å². The molecule has 1 amide bonds. The maximum atomic E-state index is 13.5. The van der Waals surface area contributed by atoms with Gasteiger partial charge in [0.05, 0.1) is 25.5 Å². The number of benzene rings is 2. The Morgan fingerprint density at radius 3 is 2.61 bits per heavy atom. The van der Waals surface area contributed by atoms with E-state index in [-0.39, 0.29) is 24.1 Å². The van der Waals surface area contributed by atoms with Crippen molar-refractivity contribution in [2.24, 2.45) is 0 Å². The summed E-state index contributed by atoms with van der Waals surface area (Å²) in [6.45, 7) is 4.44. The van der Waals surface area contributed by atoms with Crippen LogP contribution in [0.4, 0.5) is 0 Å². The van der Waals surface area contributed by atoms with Gasteiger partial charge >= 0.3 is 0 Å². The maximum Gasteiger partial charge on any atom is 0.278 e. The van der Waals surface area contributed by atoms with Crippen LogP contribution >= 0.6 is 0 Å². The van der Waals surface area contributed by atoms with Crippen molar-refractivity contribution < 1.29 is 9.53 Å². The molecule has 0 radical (unpaired) electrons. The molecule has 2 heterocycles. The monoisotopic (exact) mass is 418 g/mol. The third kappa shape index (κ3) is 4.03. The highest BCUT2D eigenvalue weighted by Gasteiger charge is 2.18. The van der Waals surface area contributed by atoms with Gasteiger partial charge in [0.1, 0.15) is 23.3 Å². The van der Waals surface area contributed by atoms with E-state index < -0.39 is 0 Å². The third-order valence-corrected chi connectivity index (χ3v) is 5.57. The Labute approximate surface area is 180 Å². The van der Waals surface area contributed by atoms with Crippen molar-refractivity contribution >= 4 is 27.8 Å². The molecule has 0 spiro atoms. The van der Waals surface area contributed by atoms with Crippen LogP contribution in [0.5, 0.6) is 5.75 Å². The largest absolute Gasteiger partial charge is 0.497 e. The van der Waals surface area contributed by atoms with Crippen LogP contribution in [0.2, 0.25) is 0 Å². The van der Waals surface area contributed by atoms with Crippen molar-refractivity contribution in [3.8, 4) is 5.75 Å². The number of carbonyl (C=O) groups excluding carboxylic acids is 1. The summed E-state index contributed by atoms with van der Waals surface area (Å²) in [7, 11) is 1.62. The first-order chi connectivity index (χ1) is 15.0. The van der Waals surface area contributed by atoms with E-state index in [1.807, 2.05) is 62.4 Å². The van der Waals surface area contributed by atoms with Gasteiger partial charge in [-0.05, 0) is 37.1 Å². The number of nitrogens with one attached hydrogen (secondary N) is 1. The van der Waals surface area contributed by atoms with Gasteiger partial charge in [-0.1, -0.05) is 37.3 Å². The zero-order chi connectivity index (χ0) is 22.0. The number of aromatic nitrogens is 3. The topological polar surface area (TPSA) is 78.2 Å². The summed E-state index contributed by atoms with van der Waals surface area (Å²) in [6.07, 6.45) is 2.42. The Kier molecular flexibility index (Phi) is 5.75. The van der Waals surface area contributed by atoms with Gasteiger partial charge in [0.2, 0.25) is 5.91 Å². The number of ether oxygens (including phenoxy) is 1. The molecule has 0 aliphatic rings. The van der Waals surface area contributed by atoms with Gasteiger partial charge in [-0.2, -0.15) is 0 Å². The van der Waals surface area contributed by atoms with Gasteiger partial charge in [0.15, 0.2) is 0 Å². The molecule has 7 heteroatoms. The highest BCUT2D eigenvalue weighted by molar-refractivity contribution is 6.06. The second-order valence-corrected chi connectivity index (χ2v) is 7.70. The predicted octanol–water partition coefficient (Wildman–Crippen LogP) is 3.32. The molecule has 0 aliphatic heterocycles. The number of carbonyl (C=O) groups is 1. The minimum atomic E-state index is -0.173. The lowest BCUT2D eigenvalue weighted by atomic mass is 10.2. The fraction of sp³-hybridized carbons (Fsp3) is 0.292. The number of rotatable bonds is 7. The quantitative estimate of drug-likeness (QED) is 0.499. The molecule has 1 N–H and O–H groups in total. The fourth-order valence-corrected chi connectivity index (χ4v) is 3.72. The van der Waals surface area contributed by atoms with E-state index in [1.54, 1.807) is 22.6 Å². The minimum absolute atomic E-state index is 0.0673. The number of fused-ring (bicyclic) bond motifs is 3. The number of nitrogens with zero attached hydrogens (tertiary/aromatic N) is 3. The Morgan fingerprint density at radius 2 is 1.90 bits per heavy atom. The van der Waals surface area contributed by atoms with E-state index in [4.69, 9.17) is 4.74 Å². The standard InChI is InChI=1S/C24H26N4O3/c1-4-16(2)26-21(29)14-28-20-8-6-5-7-19(20)22-23(28)24(30)27(15-25-22)13-17-9-11-18(31-3)12-10-17/h5-12,15-16H,4,13-14H2,1-3H3,(H,26,29). The Morgan fingerprint density at radius 1 is 1.16 bits per heavy atom. The van der Waals surface area contributed by atoms with Gasteiger partial charge in [0.25, 0.3) is 5.56 Å². The van der Waals surface area contributed by atoms with Gasteiger partial charge in [-0.15, -0.1) is 0 Å². The van der Waals surface area contributed by atoms with Gasteiger partial charge in [-0.25, -0.2) is 4.98 Å². The lowest BCUT2D eigenvalue weighted by molar-refractivity contribution is -0.122. The van der Waals surface area contributed by atoms with E-state index in [0.717, 1.165) is 28.6 Å². The van der Waals surface area contributed by atoms with Crippen LogP contribution < -0.4 is 15.6 Å². The summed E-state index contributed by atoms with van der Waals surface area (Å²) in [5, 5.41) is 3.84. The highest BCUT2D eigenvalue weighted by atomic mass is 16.5. The van der Waals surface area contributed by atoms with E-state index in [0.29, 0.717) is 17.6 Å². The van der Waals surface area contributed by atoms with Crippen molar-refractivity contribution in [2.45, 2.75) is 39.4 Å². The van der Waals surface area contributed by atoms with Crippen molar-refractivity contribution in [3.63, 3.8) is 0 Å². The van der Waals surface area contributed by atoms with E-state index in [2.05, 4.69) is 10.3 Å². The summed E-state index contributed by atoms with van der Waals surface area (Å²) in [5.74, 6) is 0.638. The minimum Gasteiger partial charge on any atom is -0.497 e. The van der Waals surface area contributed by atoms with Crippen molar-refractivity contribution in [1.29, 1.82) is 0 Å². The average molecular weight is 418 g/mol. The Balaban J connectivity index is 1.79.